The predicted octanol–water partition coefficient (Wildman–Crippen LogP) is 1.70. The van der Waals surface area contributed by atoms with Crippen LogP contribution in [0.1, 0.15) is 46.0 Å². The third-order valence-electron chi connectivity index (χ3n) is 4.01. The minimum atomic E-state index is -0.610. The number of hydrogen-bond acceptors (Lipinski definition) is 3. The SMILES string of the molecule is CC1(C)CCCC(NCC2(O)CCOC2)C1. The molecule has 2 fully saturated rings. The van der Waals surface area contributed by atoms with Gasteiger partial charge in [-0.3, -0.25) is 0 Å². The second kappa shape index (κ2) is 4.63. The van der Waals surface area contributed by atoms with E-state index in [9.17, 15) is 5.11 Å². The lowest BCUT2D eigenvalue weighted by atomic mass is 9.75. The number of aliphatic hydroxyl groups is 1. The van der Waals surface area contributed by atoms with E-state index in [0.717, 1.165) is 6.42 Å². The van der Waals surface area contributed by atoms with Crippen LogP contribution in [0.3, 0.4) is 0 Å². The smallest absolute Gasteiger partial charge is 0.102 e. The predicted molar refractivity (Wildman–Crippen MR) is 64.4 cm³/mol. The molecule has 0 bridgehead atoms. The van der Waals surface area contributed by atoms with Crippen molar-refractivity contribution in [2.45, 2.75) is 57.6 Å². The molecule has 0 aromatic carbocycles. The quantitative estimate of drug-likeness (QED) is 0.771. The first-order valence-corrected chi connectivity index (χ1v) is 6.53. The third-order valence-corrected chi connectivity index (χ3v) is 4.01. The molecule has 0 radical (unpaired) electrons. The molecule has 3 heteroatoms. The zero-order valence-electron chi connectivity index (χ0n) is 10.6. The van der Waals surface area contributed by atoms with Gasteiger partial charge in [-0.2, -0.15) is 0 Å². The van der Waals surface area contributed by atoms with E-state index < -0.39 is 5.60 Å². The third kappa shape index (κ3) is 3.19. The van der Waals surface area contributed by atoms with Crippen LogP contribution in [-0.2, 0) is 4.74 Å². The summed E-state index contributed by atoms with van der Waals surface area (Å²) in [6.45, 7) is 6.57. The van der Waals surface area contributed by atoms with E-state index >= 15 is 0 Å². The average Bonchev–Trinajstić information content (AvgIpc) is 2.62. The van der Waals surface area contributed by atoms with Crippen molar-refractivity contribution in [3.05, 3.63) is 0 Å². The Balaban J connectivity index is 1.77. The first-order valence-electron chi connectivity index (χ1n) is 6.53. The summed E-state index contributed by atoms with van der Waals surface area (Å²) in [6.07, 6.45) is 5.89. The van der Waals surface area contributed by atoms with Crippen LogP contribution < -0.4 is 5.32 Å². The van der Waals surface area contributed by atoms with Gasteiger partial charge in [0.25, 0.3) is 0 Å². The fourth-order valence-electron chi connectivity index (χ4n) is 2.94. The highest BCUT2D eigenvalue weighted by Gasteiger charge is 2.34. The maximum atomic E-state index is 10.2. The van der Waals surface area contributed by atoms with Crippen LogP contribution in [0, 0.1) is 5.41 Å². The Bertz CT molecular complexity index is 234. The largest absolute Gasteiger partial charge is 0.386 e. The molecule has 1 saturated heterocycles. The zero-order chi connectivity index (χ0) is 11.6. The molecule has 3 nitrogen and oxygen atoms in total. The van der Waals surface area contributed by atoms with E-state index in [1.807, 2.05) is 0 Å². The normalized spacial score (nSPS) is 38.8. The summed E-state index contributed by atoms with van der Waals surface area (Å²) in [7, 11) is 0. The van der Waals surface area contributed by atoms with Crippen LogP contribution in [0.25, 0.3) is 0 Å². The molecule has 0 amide bonds. The molecule has 1 aliphatic heterocycles. The molecule has 94 valence electrons. The van der Waals surface area contributed by atoms with Crippen LogP contribution in [0.4, 0.5) is 0 Å². The van der Waals surface area contributed by atoms with E-state index in [-0.39, 0.29) is 0 Å². The monoisotopic (exact) mass is 227 g/mol. The second-order valence-corrected chi connectivity index (χ2v) is 6.37. The van der Waals surface area contributed by atoms with Crippen molar-refractivity contribution in [2.75, 3.05) is 19.8 Å². The van der Waals surface area contributed by atoms with Gasteiger partial charge in [0.15, 0.2) is 0 Å². The Morgan fingerprint density at radius 3 is 2.81 bits per heavy atom. The van der Waals surface area contributed by atoms with E-state index in [4.69, 9.17) is 4.74 Å². The molecule has 1 saturated carbocycles. The number of nitrogens with one attached hydrogen (secondary N) is 1. The molecule has 2 atom stereocenters. The highest BCUT2D eigenvalue weighted by molar-refractivity contribution is 4.89. The summed E-state index contributed by atoms with van der Waals surface area (Å²) in [6, 6.07) is 0.577. The van der Waals surface area contributed by atoms with Crippen molar-refractivity contribution < 1.29 is 9.84 Å². The minimum absolute atomic E-state index is 0.463. The van der Waals surface area contributed by atoms with Crippen molar-refractivity contribution in [3.8, 4) is 0 Å². The van der Waals surface area contributed by atoms with Crippen molar-refractivity contribution in [1.82, 2.24) is 5.32 Å². The molecule has 1 aliphatic carbocycles. The van der Waals surface area contributed by atoms with Gasteiger partial charge in [-0.25, -0.2) is 0 Å². The molecule has 0 aromatic rings. The molecule has 2 N–H and O–H groups in total. The van der Waals surface area contributed by atoms with Gasteiger partial charge >= 0.3 is 0 Å². The summed E-state index contributed by atoms with van der Waals surface area (Å²) in [5, 5.41) is 13.7. The lowest BCUT2D eigenvalue weighted by molar-refractivity contribution is 0.0216. The standard InChI is InChI=1S/C13H25NO2/c1-12(2)5-3-4-11(8-12)14-9-13(15)6-7-16-10-13/h11,14-15H,3-10H2,1-2H3. The molecular formula is C13H25NO2. The Hall–Kier alpha value is -0.120. The van der Waals surface area contributed by atoms with Crippen LogP contribution in [0.5, 0.6) is 0 Å². The average molecular weight is 227 g/mol. The Labute approximate surface area is 98.6 Å². The van der Waals surface area contributed by atoms with Gasteiger partial charge in [0.1, 0.15) is 5.60 Å². The molecule has 16 heavy (non-hydrogen) atoms. The molecular weight excluding hydrogens is 202 g/mol. The fourth-order valence-corrected chi connectivity index (χ4v) is 2.94. The highest BCUT2D eigenvalue weighted by atomic mass is 16.5. The Morgan fingerprint density at radius 2 is 2.19 bits per heavy atom. The lowest BCUT2D eigenvalue weighted by Gasteiger charge is -2.37. The van der Waals surface area contributed by atoms with E-state index in [1.165, 1.54) is 25.7 Å². The first-order chi connectivity index (χ1) is 7.49. The fraction of sp³-hybridized carbons (Fsp3) is 1.00. The van der Waals surface area contributed by atoms with Gasteiger partial charge in [-0.05, 0) is 24.7 Å². The molecule has 2 rings (SSSR count). The van der Waals surface area contributed by atoms with Crippen molar-refractivity contribution in [1.29, 1.82) is 0 Å². The van der Waals surface area contributed by atoms with Crippen LogP contribution in [0.15, 0.2) is 0 Å². The van der Waals surface area contributed by atoms with Gasteiger partial charge < -0.3 is 15.2 Å². The maximum absolute atomic E-state index is 10.2. The molecule has 1 heterocycles. The topological polar surface area (TPSA) is 41.5 Å². The summed E-state index contributed by atoms with van der Waals surface area (Å²) in [4.78, 5) is 0. The van der Waals surface area contributed by atoms with Gasteiger partial charge in [-0.15, -0.1) is 0 Å². The number of hydrogen-bond donors (Lipinski definition) is 2. The van der Waals surface area contributed by atoms with Crippen molar-refractivity contribution in [2.24, 2.45) is 5.41 Å². The first kappa shape index (κ1) is 12.3. The Kier molecular flexibility index (Phi) is 3.57. The number of ether oxygens (including phenoxy) is 1. The van der Waals surface area contributed by atoms with E-state index in [2.05, 4.69) is 19.2 Å². The summed E-state index contributed by atoms with van der Waals surface area (Å²) < 4.78 is 5.25. The van der Waals surface area contributed by atoms with Gasteiger partial charge in [0.05, 0.1) is 6.61 Å². The molecule has 0 aromatic heterocycles. The van der Waals surface area contributed by atoms with E-state index in [1.54, 1.807) is 0 Å². The van der Waals surface area contributed by atoms with Crippen LogP contribution in [-0.4, -0.2) is 36.5 Å². The number of rotatable bonds is 3. The summed E-state index contributed by atoms with van der Waals surface area (Å²) in [5.41, 5.74) is -0.147. The molecule has 2 unspecified atom stereocenters. The van der Waals surface area contributed by atoms with E-state index in [0.29, 0.717) is 31.2 Å². The second-order valence-electron chi connectivity index (χ2n) is 6.37. The highest BCUT2D eigenvalue weighted by Crippen LogP contribution is 2.35. The zero-order valence-corrected chi connectivity index (χ0v) is 10.6. The Morgan fingerprint density at radius 1 is 1.38 bits per heavy atom. The van der Waals surface area contributed by atoms with Gasteiger partial charge in [0.2, 0.25) is 0 Å². The van der Waals surface area contributed by atoms with Gasteiger partial charge in [0, 0.05) is 25.6 Å². The maximum Gasteiger partial charge on any atom is 0.102 e. The van der Waals surface area contributed by atoms with Crippen LogP contribution >= 0.6 is 0 Å². The van der Waals surface area contributed by atoms with Gasteiger partial charge in [-0.1, -0.05) is 20.3 Å². The van der Waals surface area contributed by atoms with Crippen molar-refractivity contribution in [3.63, 3.8) is 0 Å². The van der Waals surface area contributed by atoms with Crippen molar-refractivity contribution >= 4 is 0 Å². The summed E-state index contributed by atoms with van der Waals surface area (Å²) >= 11 is 0. The lowest BCUT2D eigenvalue weighted by Crippen LogP contribution is -2.47. The summed E-state index contributed by atoms with van der Waals surface area (Å²) in [5.74, 6) is 0. The van der Waals surface area contributed by atoms with Crippen LogP contribution in [0.2, 0.25) is 0 Å². The molecule has 2 aliphatic rings. The molecule has 0 spiro atoms. The minimum Gasteiger partial charge on any atom is -0.386 e.